The van der Waals surface area contributed by atoms with Gasteiger partial charge in [-0.15, -0.1) is 13.2 Å². The first-order valence-electron chi connectivity index (χ1n) is 9.57. The molecule has 1 aromatic rings. The summed E-state index contributed by atoms with van der Waals surface area (Å²) in [5.41, 5.74) is -0.524. The first-order valence-corrected chi connectivity index (χ1v) is 9.57. The number of alkyl halides is 3. The molecule has 1 N–H and O–H groups in total. The molecule has 4 nitrogen and oxygen atoms in total. The minimum absolute atomic E-state index is 0.0181. The van der Waals surface area contributed by atoms with Gasteiger partial charge in [0.25, 0.3) is 0 Å². The fourth-order valence-electron chi connectivity index (χ4n) is 4.31. The van der Waals surface area contributed by atoms with Gasteiger partial charge in [-0.2, -0.15) is 0 Å². The number of halogens is 3. The van der Waals surface area contributed by atoms with Crippen molar-refractivity contribution in [2.24, 2.45) is 5.41 Å². The van der Waals surface area contributed by atoms with Crippen molar-refractivity contribution in [2.45, 2.75) is 70.3 Å². The highest BCUT2D eigenvalue weighted by atomic mass is 19.4. The van der Waals surface area contributed by atoms with E-state index >= 15 is 0 Å². The van der Waals surface area contributed by atoms with Crippen LogP contribution in [0.4, 0.5) is 18.9 Å². The molecule has 1 spiro atoms. The van der Waals surface area contributed by atoms with Gasteiger partial charge >= 0.3 is 6.36 Å². The summed E-state index contributed by atoms with van der Waals surface area (Å²) >= 11 is 0. The van der Waals surface area contributed by atoms with Gasteiger partial charge in [-0.25, -0.2) is 0 Å². The van der Waals surface area contributed by atoms with Crippen LogP contribution < -0.4 is 9.64 Å². The molecular weight excluding hydrogens is 359 g/mol. The Balaban J connectivity index is 1.65. The quantitative estimate of drug-likeness (QED) is 0.792. The molecule has 1 amide bonds. The van der Waals surface area contributed by atoms with E-state index in [4.69, 9.17) is 0 Å². The van der Waals surface area contributed by atoms with Crippen LogP contribution in [-0.2, 0) is 4.79 Å². The molecule has 1 heterocycles. The van der Waals surface area contributed by atoms with Crippen LogP contribution in [0, 0.1) is 5.41 Å². The third kappa shape index (κ3) is 4.39. The van der Waals surface area contributed by atoms with E-state index in [-0.39, 0.29) is 11.7 Å². The number of ether oxygens (including phenoxy) is 1. The molecule has 1 aliphatic heterocycles. The summed E-state index contributed by atoms with van der Waals surface area (Å²) in [5.74, 6) is -0.282. The van der Waals surface area contributed by atoms with E-state index in [1.807, 2.05) is 0 Å². The summed E-state index contributed by atoms with van der Waals surface area (Å²) < 4.78 is 40.7. The normalized spacial score (nSPS) is 28.8. The molecule has 1 saturated carbocycles. The standard InChI is InChI=1S/C20H26F3NO3/c1-2-3-8-19(26)11-9-18(10-12-19)13-14-24(17(18)25)15-4-6-16(7-5-15)27-20(21,22)23/h4-7,26H,2-3,8-14H2,1H3. The number of hydrogen-bond donors (Lipinski definition) is 1. The molecule has 27 heavy (non-hydrogen) atoms. The van der Waals surface area contributed by atoms with Gasteiger partial charge in [0.05, 0.1) is 11.0 Å². The third-order valence-electron chi connectivity index (χ3n) is 6.03. The molecule has 1 aliphatic carbocycles. The Morgan fingerprint density at radius 2 is 1.74 bits per heavy atom. The highest BCUT2D eigenvalue weighted by molar-refractivity contribution is 6.00. The largest absolute Gasteiger partial charge is 0.573 e. The number of hydrogen-bond acceptors (Lipinski definition) is 3. The van der Waals surface area contributed by atoms with Crippen molar-refractivity contribution < 1.29 is 27.8 Å². The Hall–Kier alpha value is -1.76. The Morgan fingerprint density at radius 1 is 1.11 bits per heavy atom. The number of carbonyl (C=O) groups is 1. The number of rotatable bonds is 5. The topological polar surface area (TPSA) is 49.8 Å². The number of amides is 1. The summed E-state index contributed by atoms with van der Waals surface area (Å²) in [6, 6.07) is 5.42. The molecule has 0 atom stereocenters. The predicted octanol–water partition coefficient (Wildman–Crippen LogP) is 4.80. The van der Waals surface area contributed by atoms with Gasteiger partial charge in [0.15, 0.2) is 0 Å². The molecular formula is C20H26F3NO3. The Labute approximate surface area is 157 Å². The van der Waals surface area contributed by atoms with Gasteiger partial charge in [-0.3, -0.25) is 4.79 Å². The molecule has 1 aromatic carbocycles. The number of benzene rings is 1. The zero-order valence-corrected chi connectivity index (χ0v) is 15.5. The highest BCUT2D eigenvalue weighted by Gasteiger charge is 2.51. The molecule has 0 radical (unpaired) electrons. The second-order valence-corrected chi connectivity index (χ2v) is 7.86. The van der Waals surface area contributed by atoms with Crippen molar-refractivity contribution in [1.82, 2.24) is 0 Å². The van der Waals surface area contributed by atoms with Crippen LogP contribution in [0.3, 0.4) is 0 Å². The second kappa shape index (κ2) is 7.34. The Morgan fingerprint density at radius 3 is 2.30 bits per heavy atom. The van der Waals surface area contributed by atoms with Crippen LogP contribution in [0.15, 0.2) is 24.3 Å². The summed E-state index contributed by atoms with van der Waals surface area (Å²) in [4.78, 5) is 14.7. The van der Waals surface area contributed by atoms with E-state index in [0.29, 0.717) is 37.9 Å². The number of unbranched alkanes of at least 4 members (excludes halogenated alkanes) is 1. The molecule has 7 heteroatoms. The smallest absolute Gasteiger partial charge is 0.406 e. The van der Waals surface area contributed by atoms with Gasteiger partial charge in [0.1, 0.15) is 5.75 Å². The van der Waals surface area contributed by atoms with E-state index in [2.05, 4.69) is 11.7 Å². The monoisotopic (exact) mass is 385 g/mol. The van der Waals surface area contributed by atoms with Crippen LogP contribution in [0.25, 0.3) is 0 Å². The van der Waals surface area contributed by atoms with Gasteiger partial charge in [0, 0.05) is 12.2 Å². The van der Waals surface area contributed by atoms with Gasteiger partial charge in [-0.1, -0.05) is 19.8 Å². The minimum Gasteiger partial charge on any atom is -0.406 e. The zero-order valence-electron chi connectivity index (χ0n) is 15.5. The van der Waals surface area contributed by atoms with Crippen LogP contribution >= 0.6 is 0 Å². The lowest BCUT2D eigenvalue weighted by Gasteiger charge is -2.41. The number of carbonyl (C=O) groups excluding carboxylic acids is 1. The van der Waals surface area contributed by atoms with E-state index in [0.717, 1.165) is 25.7 Å². The fourth-order valence-corrected chi connectivity index (χ4v) is 4.31. The summed E-state index contributed by atoms with van der Waals surface area (Å²) in [5, 5.41) is 10.7. The lowest BCUT2D eigenvalue weighted by atomic mass is 9.66. The summed E-state index contributed by atoms with van der Waals surface area (Å²) in [6.45, 7) is 2.64. The first-order chi connectivity index (χ1) is 12.7. The SMILES string of the molecule is CCCCC1(O)CCC2(CCN(c3ccc(OC(F)(F)F)cc3)C2=O)CC1. The number of aliphatic hydroxyl groups is 1. The molecule has 2 fully saturated rings. The van der Waals surface area contributed by atoms with Crippen molar-refractivity contribution in [3.8, 4) is 5.75 Å². The third-order valence-corrected chi connectivity index (χ3v) is 6.03. The molecule has 3 rings (SSSR count). The van der Waals surface area contributed by atoms with Crippen molar-refractivity contribution in [1.29, 1.82) is 0 Å². The molecule has 1 saturated heterocycles. The highest BCUT2D eigenvalue weighted by Crippen LogP contribution is 2.49. The van der Waals surface area contributed by atoms with Crippen molar-refractivity contribution in [3.05, 3.63) is 24.3 Å². The predicted molar refractivity (Wildman–Crippen MR) is 95.5 cm³/mol. The lowest BCUT2D eigenvalue weighted by Crippen LogP contribution is -2.43. The average molecular weight is 385 g/mol. The maximum Gasteiger partial charge on any atom is 0.573 e. The van der Waals surface area contributed by atoms with Crippen molar-refractivity contribution in [3.63, 3.8) is 0 Å². The number of nitrogens with zero attached hydrogens (tertiary/aromatic N) is 1. The minimum atomic E-state index is -4.73. The van der Waals surface area contributed by atoms with Gasteiger partial charge in [0.2, 0.25) is 5.91 Å². The van der Waals surface area contributed by atoms with Crippen LogP contribution in [0.1, 0.15) is 58.3 Å². The van der Waals surface area contributed by atoms with Crippen molar-refractivity contribution >= 4 is 11.6 Å². The van der Waals surface area contributed by atoms with E-state index in [1.165, 1.54) is 24.3 Å². The van der Waals surface area contributed by atoms with Gasteiger partial charge < -0.3 is 14.7 Å². The molecule has 0 bridgehead atoms. The van der Waals surface area contributed by atoms with Crippen LogP contribution in [0.2, 0.25) is 0 Å². The lowest BCUT2D eigenvalue weighted by molar-refractivity contribution is -0.274. The van der Waals surface area contributed by atoms with E-state index < -0.39 is 17.4 Å². The maximum atomic E-state index is 13.1. The Bertz CT molecular complexity index is 664. The van der Waals surface area contributed by atoms with Crippen LogP contribution in [-0.4, -0.2) is 29.5 Å². The van der Waals surface area contributed by atoms with Crippen molar-refractivity contribution in [2.75, 3.05) is 11.4 Å². The molecule has 150 valence electrons. The zero-order chi connectivity index (χ0) is 19.7. The average Bonchev–Trinajstić information content (AvgIpc) is 2.93. The maximum absolute atomic E-state index is 13.1. The van der Waals surface area contributed by atoms with E-state index in [9.17, 15) is 23.1 Å². The molecule has 0 unspecified atom stereocenters. The van der Waals surface area contributed by atoms with Crippen LogP contribution in [0.5, 0.6) is 5.75 Å². The number of anilines is 1. The molecule has 0 aromatic heterocycles. The van der Waals surface area contributed by atoms with Gasteiger partial charge in [-0.05, 0) is 62.8 Å². The first kappa shape index (κ1) is 20.0. The summed E-state index contributed by atoms with van der Waals surface area (Å²) in [6.07, 6.45) is 1.37. The second-order valence-electron chi connectivity index (χ2n) is 7.86. The molecule has 2 aliphatic rings. The van der Waals surface area contributed by atoms with E-state index in [1.54, 1.807) is 4.90 Å². The fraction of sp³-hybridized carbons (Fsp3) is 0.650. The summed E-state index contributed by atoms with van der Waals surface area (Å²) in [7, 11) is 0. The Kier molecular flexibility index (Phi) is 5.43.